The Morgan fingerprint density at radius 3 is 2.59 bits per heavy atom. The molecule has 0 saturated heterocycles. The number of likely N-dealkylation sites (N-methyl/N-ethyl adjacent to an activating group) is 1. The van der Waals surface area contributed by atoms with E-state index in [0.717, 1.165) is 20.7 Å². The molecule has 98 valence electrons. The molecule has 3 nitrogen and oxygen atoms in total. The number of hydrogen-bond donors (Lipinski definition) is 1. The van der Waals surface area contributed by atoms with Crippen molar-refractivity contribution in [1.82, 2.24) is 4.90 Å². The average Bonchev–Trinajstić information content (AvgIpc) is 2.60. The Balaban J connectivity index is 2.83. The van der Waals surface area contributed by atoms with Gasteiger partial charge in [0, 0.05) is 18.3 Å². The molecule has 0 aliphatic rings. The molecule has 0 aromatic carbocycles. The monoisotopic (exact) mass is 384 g/mol. The topological polar surface area (TPSA) is 42.4 Å². The molecule has 2 unspecified atom stereocenters. The van der Waals surface area contributed by atoms with E-state index in [1.54, 1.807) is 0 Å². The predicted octanol–water partition coefficient (Wildman–Crippen LogP) is 3.49. The SMILES string of the molecule is CSCC(C)N(C)C(CN)c1cc(Br)c(Br)o1. The molecular formula is C11H18Br2N2OS. The van der Waals surface area contributed by atoms with Crippen molar-refractivity contribution in [3.8, 4) is 0 Å². The zero-order valence-corrected chi connectivity index (χ0v) is 14.2. The number of rotatable bonds is 6. The number of nitrogens with two attached hydrogens (primary N) is 1. The van der Waals surface area contributed by atoms with Crippen LogP contribution in [0.5, 0.6) is 0 Å². The van der Waals surface area contributed by atoms with Gasteiger partial charge in [-0.25, -0.2) is 0 Å². The maximum atomic E-state index is 5.86. The fourth-order valence-corrected chi connectivity index (χ4v) is 3.00. The maximum absolute atomic E-state index is 5.86. The predicted molar refractivity (Wildman–Crippen MR) is 81.5 cm³/mol. The third-order valence-corrected chi connectivity index (χ3v) is 5.34. The molecule has 0 radical (unpaired) electrons. The number of hydrogen-bond acceptors (Lipinski definition) is 4. The first-order chi connectivity index (χ1) is 8.01. The van der Waals surface area contributed by atoms with Crippen LogP contribution in [0.3, 0.4) is 0 Å². The standard InChI is InChI=1S/C11H18Br2N2OS/c1-7(6-17-3)15(2)9(5-14)10-4-8(12)11(13)16-10/h4,7,9H,5-6,14H2,1-3H3. The van der Waals surface area contributed by atoms with E-state index in [1.165, 1.54) is 0 Å². The van der Waals surface area contributed by atoms with Gasteiger partial charge in [0.25, 0.3) is 0 Å². The van der Waals surface area contributed by atoms with Gasteiger partial charge in [0.2, 0.25) is 0 Å². The Kier molecular flexibility index (Phi) is 6.58. The van der Waals surface area contributed by atoms with Gasteiger partial charge in [-0.2, -0.15) is 11.8 Å². The van der Waals surface area contributed by atoms with E-state index in [4.69, 9.17) is 10.2 Å². The van der Waals surface area contributed by atoms with Crippen molar-refractivity contribution in [3.63, 3.8) is 0 Å². The first kappa shape index (κ1) is 15.6. The zero-order chi connectivity index (χ0) is 13.0. The molecule has 0 aliphatic carbocycles. The van der Waals surface area contributed by atoms with Crippen LogP contribution < -0.4 is 5.73 Å². The second-order valence-corrected chi connectivity index (χ2v) is 6.48. The van der Waals surface area contributed by atoms with Crippen LogP contribution in [0.25, 0.3) is 0 Å². The Morgan fingerprint density at radius 1 is 1.53 bits per heavy atom. The highest BCUT2D eigenvalue weighted by Gasteiger charge is 2.23. The summed E-state index contributed by atoms with van der Waals surface area (Å²) >= 11 is 8.62. The van der Waals surface area contributed by atoms with Crippen molar-refractivity contribution in [1.29, 1.82) is 0 Å². The van der Waals surface area contributed by atoms with Gasteiger partial charge < -0.3 is 10.2 Å². The Labute approximate surface area is 124 Å². The fourth-order valence-electron chi connectivity index (χ4n) is 1.68. The second-order valence-electron chi connectivity index (χ2n) is 3.99. The molecule has 0 spiro atoms. The van der Waals surface area contributed by atoms with Gasteiger partial charge in [-0.1, -0.05) is 0 Å². The number of halogens is 2. The van der Waals surface area contributed by atoms with Crippen LogP contribution in [0.1, 0.15) is 18.7 Å². The van der Waals surface area contributed by atoms with Crippen molar-refractivity contribution in [2.45, 2.75) is 19.0 Å². The lowest BCUT2D eigenvalue weighted by atomic mass is 10.1. The Bertz CT molecular complexity index is 340. The van der Waals surface area contributed by atoms with Gasteiger partial charge in [-0.15, -0.1) is 0 Å². The quantitative estimate of drug-likeness (QED) is 0.813. The third kappa shape index (κ3) is 3.99. The Morgan fingerprint density at radius 2 is 2.18 bits per heavy atom. The van der Waals surface area contributed by atoms with E-state index in [9.17, 15) is 0 Å². The van der Waals surface area contributed by atoms with Crippen molar-refractivity contribution < 1.29 is 4.42 Å². The lowest BCUT2D eigenvalue weighted by Crippen LogP contribution is -2.38. The summed E-state index contributed by atoms with van der Waals surface area (Å²) in [5.41, 5.74) is 5.86. The first-order valence-electron chi connectivity index (χ1n) is 5.36. The summed E-state index contributed by atoms with van der Waals surface area (Å²) in [4.78, 5) is 2.26. The molecule has 1 rings (SSSR count). The fraction of sp³-hybridized carbons (Fsp3) is 0.636. The minimum Gasteiger partial charge on any atom is -0.451 e. The molecule has 0 bridgehead atoms. The number of furan rings is 1. The molecule has 17 heavy (non-hydrogen) atoms. The average molecular weight is 386 g/mol. The maximum Gasteiger partial charge on any atom is 0.183 e. The van der Waals surface area contributed by atoms with Gasteiger partial charge in [0.1, 0.15) is 5.76 Å². The molecule has 1 heterocycles. The highest BCUT2D eigenvalue weighted by molar-refractivity contribution is 9.13. The van der Waals surface area contributed by atoms with Crippen LogP contribution in [0.4, 0.5) is 0 Å². The zero-order valence-electron chi connectivity index (χ0n) is 10.2. The molecule has 0 aliphatic heterocycles. The highest BCUT2D eigenvalue weighted by Crippen LogP contribution is 2.32. The summed E-state index contributed by atoms with van der Waals surface area (Å²) in [5, 5.41) is 0. The number of nitrogens with zero attached hydrogens (tertiary/aromatic N) is 1. The lowest BCUT2D eigenvalue weighted by molar-refractivity contribution is 0.180. The van der Waals surface area contributed by atoms with Gasteiger partial charge in [-0.05, 0) is 58.2 Å². The summed E-state index contributed by atoms with van der Waals surface area (Å²) in [7, 11) is 2.09. The van der Waals surface area contributed by atoms with Gasteiger partial charge in [0.15, 0.2) is 4.67 Å². The van der Waals surface area contributed by atoms with E-state index in [2.05, 4.69) is 57.0 Å². The van der Waals surface area contributed by atoms with Crippen molar-refractivity contribution in [2.75, 3.05) is 25.6 Å². The largest absolute Gasteiger partial charge is 0.451 e. The molecular weight excluding hydrogens is 368 g/mol. The van der Waals surface area contributed by atoms with Crippen LogP contribution in [0.2, 0.25) is 0 Å². The molecule has 0 saturated carbocycles. The summed E-state index contributed by atoms with van der Waals surface area (Å²) < 4.78 is 7.31. The van der Waals surface area contributed by atoms with Crippen molar-refractivity contribution in [2.24, 2.45) is 5.73 Å². The smallest absolute Gasteiger partial charge is 0.183 e. The van der Waals surface area contributed by atoms with Gasteiger partial charge >= 0.3 is 0 Å². The second kappa shape index (κ2) is 7.19. The van der Waals surface area contributed by atoms with Crippen LogP contribution in [-0.2, 0) is 0 Å². The van der Waals surface area contributed by atoms with E-state index < -0.39 is 0 Å². The van der Waals surface area contributed by atoms with E-state index in [0.29, 0.717) is 12.6 Å². The molecule has 1 aromatic rings. The van der Waals surface area contributed by atoms with Crippen LogP contribution in [0, 0.1) is 0 Å². The molecule has 0 fully saturated rings. The van der Waals surface area contributed by atoms with Crippen molar-refractivity contribution >= 4 is 43.6 Å². The first-order valence-corrected chi connectivity index (χ1v) is 8.34. The highest BCUT2D eigenvalue weighted by atomic mass is 79.9. The van der Waals surface area contributed by atoms with Crippen LogP contribution >= 0.6 is 43.6 Å². The summed E-state index contributed by atoms with van der Waals surface area (Å²) in [6.45, 7) is 2.74. The molecule has 0 amide bonds. The Hall–Kier alpha value is 0.510. The number of thioether (sulfide) groups is 1. The molecule has 6 heteroatoms. The van der Waals surface area contributed by atoms with Crippen molar-refractivity contribution in [3.05, 3.63) is 21.0 Å². The van der Waals surface area contributed by atoms with Crippen LogP contribution in [-0.4, -0.2) is 36.5 Å². The minimum absolute atomic E-state index is 0.111. The van der Waals surface area contributed by atoms with Crippen LogP contribution in [0.15, 0.2) is 19.6 Å². The summed E-state index contributed by atoms with van der Waals surface area (Å²) in [6, 6.07) is 2.55. The molecule has 1 aromatic heterocycles. The lowest BCUT2D eigenvalue weighted by Gasteiger charge is -2.30. The van der Waals surface area contributed by atoms with Gasteiger partial charge in [0.05, 0.1) is 10.5 Å². The molecule has 2 atom stereocenters. The minimum atomic E-state index is 0.111. The van der Waals surface area contributed by atoms with E-state index >= 15 is 0 Å². The third-order valence-electron chi connectivity index (χ3n) is 2.81. The van der Waals surface area contributed by atoms with Gasteiger partial charge in [-0.3, -0.25) is 4.90 Å². The normalized spacial score (nSPS) is 15.2. The van der Waals surface area contributed by atoms with E-state index in [-0.39, 0.29) is 6.04 Å². The summed E-state index contributed by atoms with van der Waals surface area (Å²) in [5.74, 6) is 1.97. The molecule has 2 N–H and O–H groups in total. The van der Waals surface area contributed by atoms with E-state index in [1.807, 2.05) is 17.8 Å². The summed E-state index contributed by atoms with van der Waals surface area (Å²) in [6.07, 6.45) is 2.11.